The average molecular weight is 529 g/mol. The van der Waals surface area contributed by atoms with Crippen molar-refractivity contribution in [2.45, 2.75) is 59.7 Å². The molecular weight excluding hydrogens is 492 g/mol. The number of rotatable bonds is 12. The number of benzene rings is 1. The van der Waals surface area contributed by atoms with Gasteiger partial charge in [0.15, 0.2) is 0 Å². The zero-order valence-corrected chi connectivity index (χ0v) is 22.7. The fraction of sp³-hybridized carbons (Fsp3) is 0.300. The predicted octanol–water partition coefficient (Wildman–Crippen LogP) is 4.15. The molecule has 204 valence electrons. The fourth-order valence-corrected chi connectivity index (χ4v) is 5.22. The van der Waals surface area contributed by atoms with Gasteiger partial charge in [-0.1, -0.05) is 20.8 Å². The Morgan fingerprint density at radius 2 is 0.795 bits per heavy atom. The van der Waals surface area contributed by atoms with Crippen molar-refractivity contribution in [3.63, 3.8) is 0 Å². The minimum absolute atomic E-state index is 0.188. The van der Waals surface area contributed by atoms with Crippen LogP contribution in [-0.4, -0.2) is 32.7 Å². The second-order valence-electron chi connectivity index (χ2n) is 9.23. The number of hydrogen-bond acceptors (Lipinski definition) is 3. The maximum absolute atomic E-state index is 12.8. The van der Waals surface area contributed by atoms with Crippen molar-refractivity contribution in [3.05, 3.63) is 105 Å². The normalized spacial score (nSPS) is 10.8. The number of hydrogen-bond donors (Lipinski definition) is 6. The quantitative estimate of drug-likeness (QED) is 0.165. The number of nitrogens with one attached hydrogen (secondary N) is 6. The summed E-state index contributed by atoms with van der Waals surface area (Å²) in [7, 11) is 0. The minimum atomic E-state index is -0.188. The maximum atomic E-state index is 12.8. The van der Waals surface area contributed by atoms with Gasteiger partial charge in [-0.2, -0.15) is 0 Å². The molecule has 1 aromatic carbocycles. The highest BCUT2D eigenvalue weighted by atomic mass is 16.2. The van der Waals surface area contributed by atoms with E-state index in [9.17, 15) is 14.4 Å². The van der Waals surface area contributed by atoms with Gasteiger partial charge in [-0.25, -0.2) is 0 Å². The van der Waals surface area contributed by atoms with Gasteiger partial charge in [0, 0.05) is 38.2 Å². The number of aromatic nitrogens is 3. The van der Waals surface area contributed by atoms with Crippen molar-refractivity contribution in [2.24, 2.45) is 0 Å². The van der Waals surface area contributed by atoms with E-state index < -0.39 is 0 Å². The van der Waals surface area contributed by atoms with Gasteiger partial charge in [0.1, 0.15) is 17.1 Å². The Balaban J connectivity index is 1.73. The molecule has 0 fully saturated rings. The second-order valence-corrected chi connectivity index (χ2v) is 9.23. The molecule has 0 bridgehead atoms. The van der Waals surface area contributed by atoms with Gasteiger partial charge in [-0.05, 0) is 89.0 Å². The first kappa shape index (κ1) is 27.5. The summed E-state index contributed by atoms with van der Waals surface area (Å²) in [5.41, 5.74) is 7.92. The first-order valence-electron chi connectivity index (χ1n) is 13.4. The second kappa shape index (κ2) is 12.8. The van der Waals surface area contributed by atoms with Gasteiger partial charge in [0.25, 0.3) is 17.7 Å². The van der Waals surface area contributed by atoms with Crippen LogP contribution >= 0.6 is 0 Å². The standard InChI is InChI=1S/C30H36N6O3/c1-4-19-22(16-34-28(37)25-10-7-13-31-25)20(5-2)24(18-36-30(39)27-12-9-15-33-27)21(6-3)23(19)17-35-29(38)26-11-8-14-32-26/h7-15,31-33H,4-6,16-18H2,1-3H3,(H,34,37)(H,35,38)(H,36,39). The van der Waals surface area contributed by atoms with Crippen LogP contribution in [0, 0.1) is 0 Å². The van der Waals surface area contributed by atoms with Crippen molar-refractivity contribution < 1.29 is 14.4 Å². The number of carbonyl (C=O) groups excluding carboxylic acids is 3. The molecule has 0 atom stereocenters. The number of H-pyrrole nitrogens is 3. The predicted molar refractivity (Wildman–Crippen MR) is 150 cm³/mol. The number of amides is 3. The summed E-state index contributed by atoms with van der Waals surface area (Å²) in [6.45, 7) is 7.28. The summed E-state index contributed by atoms with van der Waals surface area (Å²) in [4.78, 5) is 47.3. The molecule has 6 N–H and O–H groups in total. The monoisotopic (exact) mass is 528 g/mol. The van der Waals surface area contributed by atoms with E-state index in [4.69, 9.17) is 0 Å². The van der Waals surface area contributed by atoms with Crippen molar-refractivity contribution >= 4 is 17.7 Å². The van der Waals surface area contributed by atoms with Crippen molar-refractivity contribution in [1.82, 2.24) is 30.9 Å². The molecule has 9 heteroatoms. The third-order valence-corrected chi connectivity index (χ3v) is 7.05. The van der Waals surface area contributed by atoms with Gasteiger partial charge in [-0.3, -0.25) is 14.4 Å². The van der Waals surface area contributed by atoms with Crippen molar-refractivity contribution in [2.75, 3.05) is 0 Å². The van der Waals surface area contributed by atoms with E-state index in [1.807, 2.05) is 0 Å². The molecule has 0 aliphatic carbocycles. The van der Waals surface area contributed by atoms with Crippen LogP contribution in [0.2, 0.25) is 0 Å². The van der Waals surface area contributed by atoms with E-state index in [-0.39, 0.29) is 17.7 Å². The highest BCUT2D eigenvalue weighted by Gasteiger charge is 2.23. The molecule has 0 spiro atoms. The Morgan fingerprint density at radius 1 is 0.513 bits per heavy atom. The van der Waals surface area contributed by atoms with Crippen LogP contribution in [0.3, 0.4) is 0 Å². The third kappa shape index (κ3) is 6.14. The molecule has 9 nitrogen and oxygen atoms in total. The highest BCUT2D eigenvalue weighted by molar-refractivity contribution is 5.93. The van der Waals surface area contributed by atoms with E-state index >= 15 is 0 Å². The van der Waals surface area contributed by atoms with Gasteiger partial charge < -0.3 is 30.9 Å². The Bertz CT molecular complexity index is 1210. The molecule has 3 aromatic heterocycles. The summed E-state index contributed by atoms with van der Waals surface area (Å²) < 4.78 is 0. The zero-order valence-electron chi connectivity index (χ0n) is 22.7. The van der Waals surface area contributed by atoms with Gasteiger partial charge >= 0.3 is 0 Å². The lowest BCUT2D eigenvalue weighted by Gasteiger charge is -2.26. The Morgan fingerprint density at radius 3 is 1.00 bits per heavy atom. The lowest BCUT2D eigenvalue weighted by atomic mass is 9.83. The maximum Gasteiger partial charge on any atom is 0.267 e. The molecule has 0 aliphatic heterocycles. The third-order valence-electron chi connectivity index (χ3n) is 7.05. The van der Waals surface area contributed by atoms with Crippen LogP contribution in [0.15, 0.2) is 55.0 Å². The Kier molecular flexibility index (Phi) is 9.04. The van der Waals surface area contributed by atoms with E-state index in [1.54, 1.807) is 55.0 Å². The number of aromatic amines is 3. The molecular formula is C30H36N6O3. The largest absolute Gasteiger partial charge is 0.357 e. The summed E-state index contributed by atoms with van der Waals surface area (Å²) in [5, 5.41) is 9.19. The molecule has 0 unspecified atom stereocenters. The first-order chi connectivity index (χ1) is 19.0. The van der Waals surface area contributed by atoms with Crippen LogP contribution in [-0.2, 0) is 38.9 Å². The van der Waals surface area contributed by atoms with E-state index in [0.29, 0.717) is 36.7 Å². The average Bonchev–Trinajstić information content (AvgIpc) is 3.76. The van der Waals surface area contributed by atoms with Crippen LogP contribution in [0.1, 0.15) is 85.6 Å². The first-order valence-corrected chi connectivity index (χ1v) is 13.4. The topological polar surface area (TPSA) is 135 Å². The molecule has 0 aliphatic rings. The molecule has 0 radical (unpaired) electrons. The summed E-state index contributed by atoms with van der Waals surface area (Å²) >= 11 is 0. The molecule has 0 saturated heterocycles. The SMILES string of the molecule is CCc1c(CNC(=O)c2ccc[nH]2)c(CC)c(CNC(=O)c2ccc[nH]2)c(CC)c1CNC(=O)c1ccc[nH]1. The van der Waals surface area contributed by atoms with Crippen molar-refractivity contribution in [3.8, 4) is 0 Å². The van der Waals surface area contributed by atoms with Crippen LogP contribution in [0.5, 0.6) is 0 Å². The zero-order chi connectivity index (χ0) is 27.8. The van der Waals surface area contributed by atoms with Gasteiger partial charge in [0.2, 0.25) is 0 Å². The molecule has 3 amide bonds. The molecule has 39 heavy (non-hydrogen) atoms. The minimum Gasteiger partial charge on any atom is -0.357 e. The van der Waals surface area contributed by atoms with Crippen LogP contribution in [0.4, 0.5) is 0 Å². The van der Waals surface area contributed by atoms with E-state index in [0.717, 1.165) is 52.6 Å². The van der Waals surface area contributed by atoms with Crippen LogP contribution in [0.25, 0.3) is 0 Å². The van der Waals surface area contributed by atoms with Crippen molar-refractivity contribution in [1.29, 1.82) is 0 Å². The Hall–Kier alpha value is -4.53. The lowest BCUT2D eigenvalue weighted by Crippen LogP contribution is -2.30. The molecule has 4 rings (SSSR count). The van der Waals surface area contributed by atoms with E-state index in [1.165, 1.54) is 0 Å². The lowest BCUT2D eigenvalue weighted by molar-refractivity contribution is 0.0939. The van der Waals surface area contributed by atoms with Crippen LogP contribution < -0.4 is 16.0 Å². The highest BCUT2D eigenvalue weighted by Crippen LogP contribution is 2.31. The summed E-state index contributed by atoms with van der Waals surface area (Å²) in [6, 6.07) is 10.6. The smallest absolute Gasteiger partial charge is 0.267 e. The Labute approximate surface area is 228 Å². The van der Waals surface area contributed by atoms with Gasteiger partial charge in [-0.15, -0.1) is 0 Å². The summed E-state index contributed by atoms with van der Waals surface area (Å²) in [6.07, 6.45) is 7.35. The molecule has 3 heterocycles. The molecule has 4 aromatic rings. The number of carbonyl (C=O) groups is 3. The molecule has 0 saturated carbocycles. The summed E-state index contributed by atoms with van der Waals surface area (Å²) in [5.74, 6) is -0.564. The fourth-order valence-electron chi connectivity index (χ4n) is 5.22. The van der Waals surface area contributed by atoms with Gasteiger partial charge in [0.05, 0.1) is 0 Å². The van der Waals surface area contributed by atoms with E-state index in [2.05, 4.69) is 51.7 Å².